The number of carbonyl (C=O) groups is 1. The molecule has 4 nitrogen and oxygen atoms in total. The normalized spacial score (nSPS) is 18.5. The molecule has 0 spiro atoms. The molecule has 1 rings (SSSR count). The molecule has 4 heteroatoms. The summed E-state index contributed by atoms with van der Waals surface area (Å²) in [5.41, 5.74) is -0.236. The zero-order valence-corrected chi connectivity index (χ0v) is 11.5. The molecule has 0 aromatic rings. The highest BCUT2D eigenvalue weighted by Crippen LogP contribution is 2.24. The van der Waals surface area contributed by atoms with Gasteiger partial charge < -0.3 is 10.0 Å². The van der Waals surface area contributed by atoms with E-state index in [2.05, 4.69) is 11.0 Å². The topological polar surface area (TPSA) is 64.3 Å². The molecule has 1 fully saturated rings. The number of aliphatic carboxylic acids is 1. The van der Waals surface area contributed by atoms with Crippen LogP contribution in [0.1, 0.15) is 46.0 Å². The average Bonchev–Trinajstić information content (AvgIpc) is 2.35. The second-order valence-electron chi connectivity index (χ2n) is 5.96. The fourth-order valence-electron chi connectivity index (χ4n) is 2.32. The largest absolute Gasteiger partial charge is 0.481 e. The molecule has 1 aliphatic heterocycles. The molecule has 18 heavy (non-hydrogen) atoms. The third kappa shape index (κ3) is 5.50. The van der Waals surface area contributed by atoms with Crippen molar-refractivity contribution < 1.29 is 9.90 Å². The standard InChI is InChI=1S/C14H24N2O2/c1-14(2,11-15)7-10-16-8-5-12(6-9-16)3-4-13(17)18/h12H,3-10H2,1-2H3,(H,17,18). The van der Waals surface area contributed by atoms with Crippen molar-refractivity contribution in [3.05, 3.63) is 0 Å². The summed E-state index contributed by atoms with van der Waals surface area (Å²) in [6.07, 6.45) is 4.21. The molecule has 0 aromatic carbocycles. The summed E-state index contributed by atoms with van der Waals surface area (Å²) in [6, 6.07) is 2.33. The first kappa shape index (κ1) is 15.0. The van der Waals surface area contributed by atoms with Crippen molar-refractivity contribution in [2.24, 2.45) is 11.3 Å². The van der Waals surface area contributed by atoms with Crippen LogP contribution in [0.25, 0.3) is 0 Å². The van der Waals surface area contributed by atoms with E-state index in [9.17, 15) is 4.79 Å². The molecule has 0 atom stereocenters. The fraction of sp³-hybridized carbons (Fsp3) is 0.857. The number of nitrogens with zero attached hydrogens (tertiary/aromatic N) is 2. The van der Waals surface area contributed by atoms with Crippen molar-refractivity contribution in [3.8, 4) is 6.07 Å². The predicted molar refractivity (Wildman–Crippen MR) is 70.0 cm³/mol. The Bertz CT molecular complexity index is 312. The number of carboxylic acid groups (broad SMARTS) is 1. The van der Waals surface area contributed by atoms with Crippen molar-refractivity contribution in [2.75, 3.05) is 19.6 Å². The Morgan fingerprint density at radius 2 is 2.06 bits per heavy atom. The van der Waals surface area contributed by atoms with Crippen LogP contribution in [-0.4, -0.2) is 35.6 Å². The van der Waals surface area contributed by atoms with Gasteiger partial charge in [0.05, 0.1) is 11.5 Å². The molecule has 0 amide bonds. The second-order valence-corrected chi connectivity index (χ2v) is 5.96. The van der Waals surface area contributed by atoms with Gasteiger partial charge in [-0.3, -0.25) is 4.79 Å². The minimum absolute atomic E-state index is 0.236. The van der Waals surface area contributed by atoms with Crippen molar-refractivity contribution in [3.63, 3.8) is 0 Å². The summed E-state index contributed by atoms with van der Waals surface area (Å²) in [5, 5.41) is 17.6. The SMILES string of the molecule is CC(C)(C#N)CCN1CCC(CCC(=O)O)CC1. The van der Waals surface area contributed by atoms with Gasteiger partial charge in [0.2, 0.25) is 0 Å². The number of likely N-dealkylation sites (tertiary alicyclic amines) is 1. The maximum absolute atomic E-state index is 10.5. The van der Waals surface area contributed by atoms with E-state index in [4.69, 9.17) is 10.4 Å². The highest BCUT2D eigenvalue weighted by atomic mass is 16.4. The maximum atomic E-state index is 10.5. The lowest BCUT2D eigenvalue weighted by atomic mass is 9.89. The Balaban J connectivity index is 2.20. The van der Waals surface area contributed by atoms with Gasteiger partial charge in [-0.25, -0.2) is 0 Å². The first-order chi connectivity index (χ1) is 8.43. The predicted octanol–water partition coefficient (Wildman–Crippen LogP) is 2.50. The molecule has 0 bridgehead atoms. The van der Waals surface area contributed by atoms with Crippen LogP contribution in [0.15, 0.2) is 0 Å². The fourth-order valence-corrected chi connectivity index (χ4v) is 2.32. The summed E-state index contributed by atoms with van der Waals surface area (Å²) < 4.78 is 0. The summed E-state index contributed by atoms with van der Waals surface area (Å²) in [7, 11) is 0. The minimum atomic E-state index is -0.687. The average molecular weight is 252 g/mol. The minimum Gasteiger partial charge on any atom is -0.481 e. The van der Waals surface area contributed by atoms with Gasteiger partial charge in [-0.1, -0.05) is 0 Å². The monoisotopic (exact) mass is 252 g/mol. The third-order valence-electron chi connectivity index (χ3n) is 3.83. The molecule has 0 aliphatic carbocycles. The Morgan fingerprint density at radius 3 is 2.56 bits per heavy atom. The molecular formula is C14H24N2O2. The van der Waals surface area contributed by atoms with Crippen LogP contribution in [0, 0.1) is 22.7 Å². The number of hydrogen-bond acceptors (Lipinski definition) is 3. The summed E-state index contributed by atoms with van der Waals surface area (Å²) in [4.78, 5) is 12.9. The number of carboxylic acids is 1. The highest BCUT2D eigenvalue weighted by molar-refractivity contribution is 5.66. The van der Waals surface area contributed by atoms with E-state index in [1.807, 2.05) is 13.8 Å². The smallest absolute Gasteiger partial charge is 0.303 e. The van der Waals surface area contributed by atoms with E-state index < -0.39 is 5.97 Å². The zero-order valence-electron chi connectivity index (χ0n) is 11.5. The van der Waals surface area contributed by atoms with Crippen LogP contribution in [0.3, 0.4) is 0 Å². The molecule has 1 N–H and O–H groups in total. The lowest BCUT2D eigenvalue weighted by molar-refractivity contribution is -0.137. The number of hydrogen-bond donors (Lipinski definition) is 1. The van der Waals surface area contributed by atoms with Crippen LogP contribution >= 0.6 is 0 Å². The first-order valence-electron chi connectivity index (χ1n) is 6.78. The van der Waals surface area contributed by atoms with Crippen LogP contribution in [0.5, 0.6) is 0 Å². The number of nitriles is 1. The van der Waals surface area contributed by atoms with E-state index in [-0.39, 0.29) is 5.41 Å². The van der Waals surface area contributed by atoms with Crippen LogP contribution in [0.2, 0.25) is 0 Å². The van der Waals surface area contributed by atoms with Crippen molar-refractivity contribution >= 4 is 5.97 Å². The Morgan fingerprint density at radius 1 is 1.44 bits per heavy atom. The van der Waals surface area contributed by atoms with E-state index >= 15 is 0 Å². The summed E-state index contributed by atoms with van der Waals surface area (Å²) in [6.45, 7) is 7.03. The van der Waals surface area contributed by atoms with E-state index in [1.165, 1.54) is 0 Å². The molecule has 0 saturated carbocycles. The molecule has 1 heterocycles. The van der Waals surface area contributed by atoms with E-state index in [0.29, 0.717) is 12.3 Å². The summed E-state index contributed by atoms with van der Waals surface area (Å²) in [5.74, 6) is -0.116. The molecule has 1 aliphatic rings. The molecule has 0 radical (unpaired) electrons. The molecular weight excluding hydrogens is 228 g/mol. The Kier molecular flexibility index (Phi) is 5.61. The molecule has 1 saturated heterocycles. The van der Waals surface area contributed by atoms with Gasteiger partial charge in [0.1, 0.15) is 0 Å². The molecule has 0 unspecified atom stereocenters. The first-order valence-corrected chi connectivity index (χ1v) is 6.78. The quantitative estimate of drug-likeness (QED) is 0.789. The van der Waals surface area contributed by atoms with Crippen LogP contribution in [0.4, 0.5) is 0 Å². The van der Waals surface area contributed by atoms with Gasteiger partial charge >= 0.3 is 5.97 Å². The Labute approximate surface area is 110 Å². The highest BCUT2D eigenvalue weighted by Gasteiger charge is 2.22. The lowest BCUT2D eigenvalue weighted by Crippen LogP contribution is -2.36. The lowest BCUT2D eigenvalue weighted by Gasteiger charge is -2.33. The third-order valence-corrected chi connectivity index (χ3v) is 3.83. The Hall–Kier alpha value is -1.08. The van der Waals surface area contributed by atoms with Gasteiger partial charge in [0, 0.05) is 6.42 Å². The number of piperidine rings is 1. The van der Waals surface area contributed by atoms with Crippen LogP contribution in [-0.2, 0) is 4.79 Å². The molecule has 102 valence electrons. The van der Waals surface area contributed by atoms with Gasteiger partial charge in [-0.05, 0) is 65.1 Å². The zero-order chi connectivity index (χ0) is 13.6. The van der Waals surface area contributed by atoms with Crippen molar-refractivity contribution in [1.29, 1.82) is 5.26 Å². The molecule has 0 aromatic heterocycles. The van der Waals surface area contributed by atoms with Gasteiger partial charge in [0.15, 0.2) is 0 Å². The summed E-state index contributed by atoms with van der Waals surface area (Å²) >= 11 is 0. The van der Waals surface area contributed by atoms with Crippen molar-refractivity contribution in [2.45, 2.75) is 46.0 Å². The maximum Gasteiger partial charge on any atom is 0.303 e. The van der Waals surface area contributed by atoms with Gasteiger partial charge in [-0.15, -0.1) is 0 Å². The van der Waals surface area contributed by atoms with Gasteiger partial charge in [-0.2, -0.15) is 5.26 Å². The van der Waals surface area contributed by atoms with Crippen molar-refractivity contribution in [1.82, 2.24) is 4.90 Å². The van der Waals surface area contributed by atoms with Crippen LogP contribution < -0.4 is 0 Å². The van der Waals surface area contributed by atoms with E-state index in [1.54, 1.807) is 0 Å². The number of rotatable bonds is 6. The van der Waals surface area contributed by atoms with E-state index in [0.717, 1.165) is 45.3 Å². The van der Waals surface area contributed by atoms with Gasteiger partial charge in [0.25, 0.3) is 0 Å². The second kappa shape index (κ2) is 6.75.